The minimum atomic E-state index is 0.271. The summed E-state index contributed by atoms with van der Waals surface area (Å²) in [6.07, 6.45) is 2.44. The second kappa shape index (κ2) is 6.16. The molecule has 0 unspecified atom stereocenters. The predicted molar refractivity (Wildman–Crippen MR) is 73.8 cm³/mol. The van der Waals surface area contributed by atoms with E-state index in [1.54, 1.807) is 0 Å². The second-order valence-corrected chi connectivity index (χ2v) is 4.96. The summed E-state index contributed by atoms with van der Waals surface area (Å²) < 4.78 is 5.75. The van der Waals surface area contributed by atoms with Crippen molar-refractivity contribution in [3.8, 4) is 0 Å². The summed E-state index contributed by atoms with van der Waals surface area (Å²) in [6.45, 7) is 10.1. The summed E-state index contributed by atoms with van der Waals surface area (Å²) in [4.78, 5) is 6.80. The van der Waals surface area contributed by atoms with Gasteiger partial charge in [-0.3, -0.25) is 0 Å². The van der Waals surface area contributed by atoms with Crippen LogP contribution in [0.15, 0.2) is 18.3 Å². The van der Waals surface area contributed by atoms with Crippen LogP contribution in [0.2, 0.25) is 0 Å². The standard InChI is InChI=1S/C14H23N3O/c1-4-15-8-13-5-6-16-14(7-13)17-9-11(2)18-12(3)10-17/h5-7,11-12,15H,4,8-10H2,1-3H3/t11-,12+. The number of anilines is 1. The van der Waals surface area contributed by atoms with E-state index in [2.05, 4.69) is 48.1 Å². The zero-order chi connectivity index (χ0) is 13.0. The third-order valence-electron chi connectivity index (χ3n) is 3.13. The molecule has 1 aromatic heterocycles. The van der Waals surface area contributed by atoms with Crippen molar-refractivity contribution in [2.24, 2.45) is 0 Å². The number of pyridine rings is 1. The largest absolute Gasteiger partial charge is 0.372 e. The maximum absolute atomic E-state index is 5.75. The molecule has 0 radical (unpaired) electrons. The number of aromatic nitrogens is 1. The molecule has 4 heteroatoms. The maximum atomic E-state index is 5.75. The minimum absolute atomic E-state index is 0.271. The van der Waals surface area contributed by atoms with Gasteiger partial charge in [0.15, 0.2) is 0 Å². The Hall–Kier alpha value is -1.13. The summed E-state index contributed by atoms with van der Waals surface area (Å²) in [5, 5.41) is 3.34. The Morgan fingerprint density at radius 1 is 1.39 bits per heavy atom. The van der Waals surface area contributed by atoms with Crippen molar-refractivity contribution in [2.75, 3.05) is 24.5 Å². The fourth-order valence-corrected chi connectivity index (χ4v) is 2.38. The van der Waals surface area contributed by atoms with E-state index in [0.717, 1.165) is 32.0 Å². The third kappa shape index (κ3) is 3.43. The molecule has 18 heavy (non-hydrogen) atoms. The van der Waals surface area contributed by atoms with Gasteiger partial charge in [-0.05, 0) is 38.1 Å². The van der Waals surface area contributed by atoms with Gasteiger partial charge in [-0.15, -0.1) is 0 Å². The Bertz CT molecular complexity index is 373. The van der Waals surface area contributed by atoms with E-state index in [-0.39, 0.29) is 12.2 Å². The fraction of sp³-hybridized carbons (Fsp3) is 0.643. The molecule has 100 valence electrons. The van der Waals surface area contributed by atoms with Crippen LogP contribution in [0.1, 0.15) is 26.3 Å². The molecule has 1 aliphatic heterocycles. The van der Waals surface area contributed by atoms with Gasteiger partial charge in [-0.1, -0.05) is 6.92 Å². The molecule has 1 aromatic rings. The summed E-state index contributed by atoms with van der Waals surface area (Å²) >= 11 is 0. The highest BCUT2D eigenvalue weighted by Gasteiger charge is 2.23. The fourth-order valence-electron chi connectivity index (χ4n) is 2.38. The Morgan fingerprint density at radius 3 is 2.78 bits per heavy atom. The Kier molecular flexibility index (Phi) is 4.55. The van der Waals surface area contributed by atoms with E-state index in [1.807, 2.05) is 6.20 Å². The molecule has 1 aliphatic rings. The third-order valence-corrected chi connectivity index (χ3v) is 3.13. The van der Waals surface area contributed by atoms with E-state index in [1.165, 1.54) is 5.56 Å². The lowest BCUT2D eigenvalue weighted by atomic mass is 10.2. The van der Waals surface area contributed by atoms with Crippen molar-refractivity contribution in [2.45, 2.75) is 39.5 Å². The Balaban J connectivity index is 2.07. The molecule has 0 aliphatic carbocycles. The summed E-state index contributed by atoms with van der Waals surface area (Å²) in [7, 11) is 0. The first-order valence-electron chi connectivity index (χ1n) is 6.75. The van der Waals surface area contributed by atoms with Gasteiger partial charge >= 0.3 is 0 Å². The molecule has 0 spiro atoms. The summed E-state index contributed by atoms with van der Waals surface area (Å²) in [6, 6.07) is 4.24. The normalized spacial score (nSPS) is 24.3. The van der Waals surface area contributed by atoms with Crippen LogP contribution >= 0.6 is 0 Å². The number of hydrogen-bond acceptors (Lipinski definition) is 4. The van der Waals surface area contributed by atoms with Crippen molar-refractivity contribution < 1.29 is 4.74 Å². The molecule has 0 amide bonds. The molecule has 0 aromatic carbocycles. The van der Waals surface area contributed by atoms with E-state index in [4.69, 9.17) is 4.74 Å². The predicted octanol–water partition coefficient (Wildman–Crippen LogP) is 1.80. The first-order valence-corrected chi connectivity index (χ1v) is 6.75. The number of rotatable bonds is 4. The van der Waals surface area contributed by atoms with Gasteiger partial charge in [-0.2, -0.15) is 0 Å². The van der Waals surface area contributed by atoms with Gasteiger partial charge in [-0.25, -0.2) is 4.98 Å². The Labute approximate surface area is 109 Å². The van der Waals surface area contributed by atoms with Crippen LogP contribution in [0.5, 0.6) is 0 Å². The number of ether oxygens (including phenoxy) is 1. The van der Waals surface area contributed by atoms with Crippen molar-refractivity contribution in [3.05, 3.63) is 23.9 Å². The number of morpholine rings is 1. The van der Waals surface area contributed by atoms with E-state index in [9.17, 15) is 0 Å². The molecular formula is C14H23N3O. The second-order valence-electron chi connectivity index (χ2n) is 4.96. The van der Waals surface area contributed by atoms with E-state index >= 15 is 0 Å². The molecule has 0 bridgehead atoms. The van der Waals surface area contributed by atoms with Gasteiger partial charge in [0.25, 0.3) is 0 Å². The van der Waals surface area contributed by atoms with E-state index < -0.39 is 0 Å². The minimum Gasteiger partial charge on any atom is -0.372 e. The highest BCUT2D eigenvalue weighted by molar-refractivity contribution is 5.41. The lowest BCUT2D eigenvalue weighted by Crippen LogP contribution is -2.45. The number of nitrogens with zero attached hydrogens (tertiary/aromatic N) is 2. The number of hydrogen-bond donors (Lipinski definition) is 1. The van der Waals surface area contributed by atoms with Crippen molar-refractivity contribution in [3.63, 3.8) is 0 Å². The topological polar surface area (TPSA) is 37.4 Å². The molecule has 2 atom stereocenters. The van der Waals surface area contributed by atoms with Gasteiger partial charge < -0.3 is 15.0 Å². The van der Waals surface area contributed by atoms with Gasteiger partial charge in [0, 0.05) is 25.8 Å². The van der Waals surface area contributed by atoms with Crippen molar-refractivity contribution >= 4 is 5.82 Å². The smallest absolute Gasteiger partial charge is 0.128 e. The summed E-state index contributed by atoms with van der Waals surface area (Å²) in [5.41, 5.74) is 1.29. The Morgan fingerprint density at radius 2 is 2.11 bits per heavy atom. The van der Waals surface area contributed by atoms with Crippen molar-refractivity contribution in [1.82, 2.24) is 10.3 Å². The number of nitrogens with one attached hydrogen (secondary N) is 1. The quantitative estimate of drug-likeness (QED) is 0.883. The van der Waals surface area contributed by atoms with Crippen LogP contribution in [0.3, 0.4) is 0 Å². The monoisotopic (exact) mass is 249 g/mol. The highest BCUT2D eigenvalue weighted by atomic mass is 16.5. The average molecular weight is 249 g/mol. The van der Waals surface area contributed by atoms with Crippen LogP contribution in [0.25, 0.3) is 0 Å². The van der Waals surface area contributed by atoms with Crippen LogP contribution in [0, 0.1) is 0 Å². The van der Waals surface area contributed by atoms with Gasteiger partial charge in [0.1, 0.15) is 5.82 Å². The molecule has 1 N–H and O–H groups in total. The van der Waals surface area contributed by atoms with Gasteiger partial charge in [0.05, 0.1) is 12.2 Å². The SMILES string of the molecule is CCNCc1ccnc(N2C[C@@H](C)O[C@@H](C)C2)c1. The van der Waals surface area contributed by atoms with Crippen LogP contribution in [-0.2, 0) is 11.3 Å². The molecule has 0 saturated carbocycles. The molecule has 4 nitrogen and oxygen atoms in total. The molecular weight excluding hydrogens is 226 g/mol. The van der Waals surface area contributed by atoms with Crippen LogP contribution < -0.4 is 10.2 Å². The van der Waals surface area contributed by atoms with Crippen LogP contribution in [0.4, 0.5) is 5.82 Å². The zero-order valence-electron chi connectivity index (χ0n) is 11.5. The molecule has 2 rings (SSSR count). The van der Waals surface area contributed by atoms with Crippen LogP contribution in [-0.4, -0.2) is 36.8 Å². The van der Waals surface area contributed by atoms with Gasteiger partial charge in [0.2, 0.25) is 0 Å². The molecule has 2 heterocycles. The van der Waals surface area contributed by atoms with Crippen molar-refractivity contribution in [1.29, 1.82) is 0 Å². The highest BCUT2D eigenvalue weighted by Crippen LogP contribution is 2.19. The summed E-state index contributed by atoms with van der Waals surface area (Å²) in [5.74, 6) is 1.06. The lowest BCUT2D eigenvalue weighted by Gasteiger charge is -2.36. The van der Waals surface area contributed by atoms with E-state index in [0.29, 0.717) is 0 Å². The average Bonchev–Trinajstić information content (AvgIpc) is 2.35. The first-order chi connectivity index (χ1) is 8.69. The zero-order valence-corrected chi connectivity index (χ0v) is 11.5. The first kappa shape index (κ1) is 13.3. The molecule has 1 saturated heterocycles. The lowest BCUT2D eigenvalue weighted by molar-refractivity contribution is -0.00546. The molecule has 1 fully saturated rings. The maximum Gasteiger partial charge on any atom is 0.128 e.